The molecule has 1 amide bonds. The Balaban J connectivity index is 1.25. The van der Waals surface area contributed by atoms with Gasteiger partial charge in [0.2, 0.25) is 0 Å². The van der Waals surface area contributed by atoms with E-state index < -0.39 is 30.4 Å². The summed E-state index contributed by atoms with van der Waals surface area (Å²) in [5, 5.41) is 37.7. The first-order valence-corrected chi connectivity index (χ1v) is 19.0. The van der Waals surface area contributed by atoms with Gasteiger partial charge in [0.25, 0.3) is 5.91 Å². The molecule has 4 atom stereocenters. The summed E-state index contributed by atoms with van der Waals surface area (Å²) in [5.41, 5.74) is 3.80. The zero-order valence-corrected chi connectivity index (χ0v) is 31.0. The van der Waals surface area contributed by atoms with Gasteiger partial charge in [0.1, 0.15) is 24.1 Å². The molecule has 0 saturated carbocycles. The van der Waals surface area contributed by atoms with Gasteiger partial charge in [-0.25, -0.2) is 9.97 Å². The number of aliphatic hydroxyl groups is 2. The number of carbonyl (C=O) groups is 2. The summed E-state index contributed by atoms with van der Waals surface area (Å²) in [6.45, 7) is 4.93. The highest BCUT2D eigenvalue weighted by Crippen LogP contribution is 2.25. The van der Waals surface area contributed by atoms with Crippen LogP contribution in [0, 0.1) is 0 Å². The number of amides is 1. The van der Waals surface area contributed by atoms with Crippen LogP contribution in [-0.2, 0) is 17.6 Å². The number of aliphatic hydroxyl groups excluding tert-OH is 2. The molecule has 2 aromatic heterocycles. The molecule has 0 aliphatic carbocycles. The van der Waals surface area contributed by atoms with Gasteiger partial charge in [-0.2, -0.15) is 0 Å². The van der Waals surface area contributed by atoms with E-state index in [1.54, 1.807) is 48.8 Å². The third-order valence-corrected chi connectivity index (χ3v) is 10.3. The van der Waals surface area contributed by atoms with Crippen molar-refractivity contribution in [1.29, 1.82) is 0 Å². The van der Waals surface area contributed by atoms with E-state index in [4.69, 9.17) is 4.74 Å². The number of carboxylic acids is 1. The van der Waals surface area contributed by atoms with E-state index in [0.29, 0.717) is 22.9 Å². The number of thiophene rings is 1. The molecule has 3 aromatic carbocycles. The summed E-state index contributed by atoms with van der Waals surface area (Å²) in [4.78, 5) is 36.2. The van der Waals surface area contributed by atoms with Crippen LogP contribution in [0.4, 0.5) is 0 Å². The largest absolute Gasteiger partial charge is 0.494 e. The van der Waals surface area contributed by atoms with E-state index >= 15 is 0 Å². The molecule has 5 N–H and O–H groups in total. The maximum atomic E-state index is 13.3. The molecule has 278 valence electrons. The summed E-state index contributed by atoms with van der Waals surface area (Å²) < 4.78 is 5.89. The Bertz CT molecular complexity index is 1870. The standard InChI is InChI=1S/C42H48N4O6S/c1-3-5-6-7-11-24-52-33-20-18-29(19-21-33)32-26-43-39(44-27-32)31-16-14-28(15-17-31)25-35(45-41(49)36-23-22-34(4-2)53-36)40(48)46-37(42(50)51)38(47)30-12-9-8-10-13-30/h8-10,12-23,26-27,35,37-38,40,46-48H,3-7,11,24-25H2,1-2H3,(H,45,49)(H,50,51)/t35-,37?,38?,40?/m0/s1. The van der Waals surface area contributed by atoms with Gasteiger partial charge < -0.3 is 25.4 Å². The Kier molecular flexibility index (Phi) is 14.7. The highest BCUT2D eigenvalue weighted by Gasteiger charge is 2.33. The van der Waals surface area contributed by atoms with Crippen molar-refractivity contribution in [2.45, 2.75) is 83.2 Å². The number of ether oxygens (including phenoxy) is 1. The van der Waals surface area contributed by atoms with Crippen molar-refractivity contribution >= 4 is 23.2 Å². The topological polar surface area (TPSA) is 154 Å². The van der Waals surface area contributed by atoms with Crippen LogP contribution in [0.15, 0.2) is 103 Å². The van der Waals surface area contributed by atoms with Crippen LogP contribution >= 0.6 is 11.3 Å². The van der Waals surface area contributed by atoms with E-state index in [0.717, 1.165) is 45.7 Å². The number of rotatable bonds is 20. The number of carbonyl (C=O) groups excluding carboxylic acids is 1. The monoisotopic (exact) mass is 736 g/mol. The summed E-state index contributed by atoms with van der Waals surface area (Å²) in [7, 11) is 0. The third kappa shape index (κ3) is 11.3. The second kappa shape index (κ2) is 19.8. The minimum atomic E-state index is -1.54. The van der Waals surface area contributed by atoms with Crippen LogP contribution in [0.3, 0.4) is 0 Å². The van der Waals surface area contributed by atoms with Crippen molar-refractivity contribution in [3.05, 3.63) is 124 Å². The van der Waals surface area contributed by atoms with Gasteiger partial charge in [-0.15, -0.1) is 11.3 Å². The Morgan fingerprint density at radius 2 is 1.47 bits per heavy atom. The first kappa shape index (κ1) is 39.3. The first-order chi connectivity index (χ1) is 25.7. The number of hydrogen-bond acceptors (Lipinski definition) is 9. The number of carboxylic acid groups (broad SMARTS) is 1. The molecular formula is C42H48N4O6S. The van der Waals surface area contributed by atoms with Gasteiger partial charge in [-0.3, -0.25) is 14.9 Å². The van der Waals surface area contributed by atoms with Crippen molar-refractivity contribution in [3.8, 4) is 28.3 Å². The van der Waals surface area contributed by atoms with Crippen LogP contribution in [0.2, 0.25) is 0 Å². The van der Waals surface area contributed by atoms with Gasteiger partial charge in [0, 0.05) is 28.4 Å². The molecule has 0 fully saturated rings. The summed E-state index contributed by atoms with van der Waals surface area (Å²) in [5.74, 6) is -0.351. The van der Waals surface area contributed by atoms with Crippen molar-refractivity contribution in [3.63, 3.8) is 0 Å². The number of aryl methyl sites for hydroxylation is 1. The number of nitrogens with one attached hydrogen (secondary N) is 2. The first-order valence-electron chi connectivity index (χ1n) is 18.2. The minimum Gasteiger partial charge on any atom is -0.494 e. The van der Waals surface area contributed by atoms with Crippen LogP contribution in [-0.4, -0.2) is 62.1 Å². The molecular weight excluding hydrogens is 689 g/mol. The van der Waals surface area contributed by atoms with Gasteiger partial charge in [-0.05, 0) is 60.2 Å². The fourth-order valence-corrected chi connectivity index (χ4v) is 6.77. The maximum Gasteiger partial charge on any atom is 0.323 e. The predicted octanol–water partition coefficient (Wildman–Crippen LogP) is 7.22. The van der Waals surface area contributed by atoms with E-state index in [1.807, 2.05) is 61.5 Å². The molecule has 0 radical (unpaired) electrons. The fraction of sp³-hybridized carbons (Fsp3) is 0.333. The molecule has 5 rings (SSSR count). The second-order valence-electron chi connectivity index (χ2n) is 13.0. The molecule has 11 heteroatoms. The van der Waals surface area contributed by atoms with E-state index in [1.165, 1.54) is 37.0 Å². The molecule has 5 aromatic rings. The smallest absolute Gasteiger partial charge is 0.323 e. The van der Waals surface area contributed by atoms with Gasteiger partial charge >= 0.3 is 5.97 Å². The lowest BCUT2D eigenvalue weighted by Crippen LogP contribution is -2.56. The highest BCUT2D eigenvalue weighted by molar-refractivity contribution is 7.14. The van der Waals surface area contributed by atoms with Crippen molar-refractivity contribution in [1.82, 2.24) is 20.6 Å². The Morgan fingerprint density at radius 3 is 2.11 bits per heavy atom. The Morgan fingerprint density at radius 1 is 0.792 bits per heavy atom. The highest BCUT2D eigenvalue weighted by atomic mass is 32.1. The van der Waals surface area contributed by atoms with Gasteiger partial charge in [-0.1, -0.05) is 106 Å². The third-order valence-electron chi connectivity index (χ3n) is 9.03. The zero-order chi connectivity index (χ0) is 37.6. The van der Waals surface area contributed by atoms with E-state index in [9.17, 15) is 24.9 Å². The van der Waals surface area contributed by atoms with Crippen molar-refractivity contribution in [2.75, 3.05) is 6.61 Å². The molecule has 53 heavy (non-hydrogen) atoms. The molecule has 0 bridgehead atoms. The quantitative estimate of drug-likeness (QED) is 0.0412. The lowest BCUT2D eigenvalue weighted by molar-refractivity contribution is -0.144. The average molecular weight is 737 g/mol. The molecule has 10 nitrogen and oxygen atoms in total. The van der Waals surface area contributed by atoms with Crippen LogP contribution in [0.25, 0.3) is 22.5 Å². The fourth-order valence-electron chi connectivity index (χ4n) is 5.92. The Labute approximate surface area is 314 Å². The lowest BCUT2D eigenvalue weighted by Gasteiger charge is -2.29. The van der Waals surface area contributed by atoms with E-state index in [2.05, 4.69) is 27.5 Å². The number of unbranched alkanes of at least 4 members (excludes halogenated alkanes) is 4. The normalized spacial score (nSPS) is 13.5. The summed E-state index contributed by atoms with van der Waals surface area (Å²) in [6, 6.07) is 24.9. The number of benzene rings is 3. The number of nitrogens with zero attached hydrogens (tertiary/aromatic N) is 2. The molecule has 0 aliphatic rings. The molecule has 2 heterocycles. The predicted molar refractivity (Wildman–Crippen MR) is 208 cm³/mol. The minimum absolute atomic E-state index is 0.165. The summed E-state index contributed by atoms with van der Waals surface area (Å²) in [6.07, 6.45) is 7.52. The molecule has 0 spiro atoms. The number of aliphatic carboxylic acids is 1. The van der Waals surface area contributed by atoms with Crippen molar-refractivity contribution in [2.24, 2.45) is 0 Å². The van der Waals surface area contributed by atoms with Gasteiger partial charge in [0.15, 0.2) is 5.82 Å². The van der Waals surface area contributed by atoms with E-state index in [-0.39, 0.29) is 12.3 Å². The SMILES string of the molecule is CCCCCCCOc1ccc(-c2cnc(-c3ccc(C[C@H](NC(=O)c4ccc(CC)s4)C(O)NC(C(=O)O)C(O)c4ccccc4)cc3)nc2)cc1. The average Bonchev–Trinajstić information content (AvgIpc) is 3.68. The molecule has 0 aliphatic heterocycles. The Hall–Kier alpha value is -4.94. The van der Waals surface area contributed by atoms with Crippen molar-refractivity contribution < 1.29 is 29.6 Å². The number of aromatic nitrogens is 2. The molecule has 0 saturated heterocycles. The molecule has 3 unspecified atom stereocenters. The maximum absolute atomic E-state index is 13.3. The summed E-state index contributed by atoms with van der Waals surface area (Å²) >= 11 is 1.36. The van der Waals surface area contributed by atoms with Crippen LogP contribution < -0.4 is 15.4 Å². The van der Waals surface area contributed by atoms with Crippen LogP contribution in [0.5, 0.6) is 5.75 Å². The number of hydrogen-bond donors (Lipinski definition) is 5. The second-order valence-corrected chi connectivity index (χ2v) is 14.1. The zero-order valence-electron chi connectivity index (χ0n) is 30.2. The lowest BCUT2D eigenvalue weighted by atomic mass is 9.99. The van der Waals surface area contributed by atoms with Gasteiger partial charge in [0.05, 0.1) is 17.5 Å². The van der Waals surface area contributed by atoms with Crippen LogP contribution in [0.1, 0.15) is 77.7 Å².